The maximum atomic E-state index is 5.39. The highest BCUT2D eigenvalue weighted by atomic mass is 15.4. The Morgan fingerprint density at radius 2 is 1.52 bits per heavy atom. The molecule has 0 saturated heterocycles. The van der Waals surface area contributed by atoms with Crippen molar-refractivity contribution in [3.05, 3.63) is 71.2 Å². The fourth-order valence-electron chi connectivity index (χ4n) is 5.14. The molecule has 0 spiro atoms. The van der Waals surface area contributed by atoms with Crippen LogP contribution in [0.15, 0.2) is 70.0 Å². The van der Waals surface area contributed by atoms with Crippen molar-refractivity contribution in [1.82, 2.24) is 14.7 Å². The average molecular weight is 574 g/mol. The van der Waals surface area contributed by atoms with E-state index in [4.69, 9.17) is 9.98 Å². The van der Waals surface area contributed by atoms with Crippen LogP contribution in [0.3, 0.4) is 0 Å². The summed E-state index contributed by atoms with van der Waals surface area (Å²) in [5.74, 6) is 2.76. The van der Waals surface area contributed by atoms with Gasteiger partial charge in [0.15, 0.2) is 5.82 Å². The van der Waals surface area contributed by atoms with Gasteiger partial charge < -0.3 is 24.5 Å². The van der Waals surface area contributed by atoms with Gasteiger partial charge in [-0.05, 0) is 47.6 Å². The van der Waals surface area contributed by atoms with Crippen molar-refractivity contribution in [2.75, 3.05) is 71.2 Å². The number of benzene rings is 2. The molecule has 1 unspecified atom stereocenters. The van der Waals surface area contributed by atoms with Gasteiger partial charge >= 0.3 is 0 Å². The van der Waals surface area contributed by atoms with Crippen molar-refractivity contribution < 1.29 is 0 Å². The van der Waals surface area contributed by atoms with Crippen molar-refractivity contribution in [3.8, 4) is 0 Å². The molecule has 2 aliphatic heterocycles. The number of fused-ring (bicyclic) bond motifs is 1. The topological polar surface area (TPSA) is 40.9 Å². The van der Waals surface area contributed by atoms with E-state index in [2.05, 4.69) is 157 Å². The predicted molar refractivity (Wildman–Crippen MR) is 183 cm³/mol. The maximum Gasteiger partial charge on any atom is 0.202 e. The van der Waals surface area contributed by atoms with E-state index in [1.807, 2.05) is 6.21 Å². The highest BCUT2D eigenvalue weighted by molar-refractivity contribution is 5.82. The van der Waals surface area contributed by atoms with Crippen molar-refractivity contribution in [3.63, 3.8) is 0 Å². The zero-order valence-electron chi connectivity index (χ0n) is 28.3. The quantitative estimate of drug-likeness (QED) is 0.405. The van der Waals surface area contributed by atoms with Gasteiger partial charge in [-0.2, -0.15) is 4.99 Å². The fraction of sp³-hybridized carbons (Fsp3) is 0.543. The molecule has 230 valence electrons. The molecule has 7 nitrogen and oxygen atoms in total. The normalized spacial score (nSPS) is 16.9. The Morgan fingerprint density at radius 3 is 2.14 bits per heavy atom. The van der Waals surface area contributed by atoms with E-state index in [-0.39, 0.29) is 11.5 Å². The van der Waals surface area contributed by atoms with Crippen molar-refractivity contribution in [2.45, 2.75) is 59.9 Å². The lowest BCUT2D eigenvalue weighted by atomic mass is 9.86. The Bertz CT molecular complexity index is 1250. The molecule has 0 amide bonds. The largest absolute Gasteiger partial charge is 0.373 e. The van der Waals surface area contributed by atoms with Crippen molar-refractivity contribution in [2.24, 2.45) is 15.9 Å². The van der Waals surface area contributed by atoms with Crippen LogP contribution in [0.4, 0.5) is 11.4 Å². The van der Waals surface area contributed by atoms with Gasteiger partial charge in [0.05, 0.1) is 12.2 Å². The summed E-state index contributed by atoms with van der Waals surface area (Å²) in [6.45, 7) is 18.8. The lowest BCUT2D eigenvalue weighted by Crippen LogP contribution is -2.46. The Labute approximate surface area is 256 Å². The first-order chi connectivity index (χ1) is 19.7. The number of aryl methyl sites for hydroxylation is 1. The molecular weight excluding hydrogens is 518 g/mol. The molecule has 4 rings (SSSR count). The molecule has 0 bridgehead atoms. The minimum atomic E-state index is 0.0314. The molecule has 0 aromatic heterocycles. The number of likely N-dealkylation sites (N-methyl/N-ethyl adjacent to an activating group) is 4. The first kappa shape index (κ1) is 33.0. The number of hydrogen-bond acceptors (Lipinski definition) is 7. The number of nitrogens with zero attached hydrogens (tertiary/aromatic N) is 7. The predicted octanol–water partition coefficient (Wildman–Crippen LogP) is 6.31. The van der Waals surface area contributed by atoms with Gasteiger partial charge in [-0.15, -0.1) is 0 Å². The number of guanidine groups is 1. The summed E-state index contributed by atoms with van der Waals surface area (Å²) in [5, 5.41) is 0. The third-order valence-corrected chi connectivity index (χ3v) is 7.65. The van der Waals surface area contributed by atoms with Gasteiger partial charge in [0.1, 0.15) is 6.04 Å². The van der Waals surface area contributed by atoms with Crippen LogP contribution in [0, 0.1) is 12.8 Å². The average Bonchev–Trinajstić information content (AvgIpc) is 3.07. The summed E-state index contributed by atoms with van der Waals surface area (Å²) in [4.78, 5) is 21.7. The standard InChI is InChI=1S/C31H45N7.C4H10/c1-23-15-16-24(31(2,3)4)21-27(23)38(9)29-28-26(32-17-18-35(28)6)22-37(8)30(33-29)36(7)20-19-34(5)25-13-11-10-12-14-25;1-4(2)3/h10-17,21,26H,18-20,22H2,1-9H3;4H,1-3H3. The molecule has 2 aromatic carbocycles. The van der Waals surface area contributed by atoms with Crippen LogP contribution in [0.1, 0.15) is 52.7 Å². The van der Waals surface area contributed by atoms with E-state index < -0.39 is 0 Å². The summed E-state index contributed by atoms with van der Waals surface area (Å²) in [7, 11) is 10.7. The molecule has 2 aliphatic rings. The number of rotatable bonds is 6. The third-order valence-electron chi connectivity index (χ3n) is 7.65. The molecule has 0 aliphatic carbocycles. The number of para-hydroxylation sites is 1. The van der Waals surface area contributed by atoms with Crippen LogP contribution in [-0.2, 0) is 5.41 Å². The van der Waals surface area contributed by atoms with Gasteiger partial charge in [0.2, 0.25) is 5.96 Å². The van der Waals surface area contributed by atoms with Crippen molar-refractivity contribution in [1.29, 1.82) is 0 Å². The SMILES string of the molecule is CC(C)C.Cc1ccc(C(C)(C)C)cc1N(C)C1=C2C(CN(C)C(N(C)CCN(C)c3ccccc3)=N1)N=CCN2C. The smallest absolute Gasteiger partial charge is 0.202 e. The van der Waals surface area contributed by atoms with Crippen LogP contribution >= 0.6 is 0 Å². The zero-order valence-corrected chi connectivity index (χ0v) is 28.3. The molecule has 0 saturated carbocycles. The Morgan fingerprint density at radius 1 is 0.905 bits per heavy atom. The molecule has 0 N–H and O–H groups in total. The minimum absolute atomic E-state index is 0.0314. The first-order valence-electron chi connectivity index (χ1n) is 15.3. The summed E-state index contributed by atoms with van der Waals surface area (Å²) >= 11 is 0. The van der Waals surface area contributed by atoms with E-state index in [1.165, 1.54) is 28.2 Å². The van der Waals surface area contributed by atoms with E-state index in [9.17, 15) is 0 Å². The van der Waals surface area contributed by atoms with Gasteiger partial charge in [0, 0.05) is 72.5 Å². The highest BCUT2D eigenvalue weighted by Gasteiger charge is 2.33. The Kier molecular flexibility index (Phi) is 11.1. The fourth-order valence-corrected chi connectivity index (χ4v) is 5.14. The van der Waals surface area contributed by atoms with Crippen LogP contribution < -0.4 is 9.80 Å². The van der Waals surface area contributed by atoms with E-state index in [0.29, 0.717) is 0 Å². The molecule has 42 heavy (non-hydrogen) atoms. The van der Waals surface area contributed by atoms with E-state index in [0.717, 1.165) is 43.9 Å². The highest BCUT2D eigenvalue weighted by Crippen LogP contribution is 2.33. The number of aliphatic imine (C=N–C) groups is 2. The Balaban J connectivity index is 0.00000114. The molecule has 2 aromatic rings. The first-order valence-corrected chi connectivity index (χ1v) is 15.3. The third kappa shape index (κ3) is 8.30. The molecule has 1 atom stereocenters. The molecular formula is C35H55N7. The van der Waals surface area contributed by atoms with Gasteiger partial charge in [-0.3, -0.25) is 4.99 Å². The second-order valence-electron chi connectivity index (χ2n) is 13.5. The summed E-state index contributed by atoms with van der Waals surface area (Å²) in [6.07, 6.45) is 2.04. The zero-order chi connectivity index (χ0) is 31.2. The molecule has 7 heteroatoms. The number of anilines is 2. The lowest BCUT2D eigenvalue weighted by molar-refractivity contribution is 0.353. The number of hydrogen-bond donors (Lipinski definition) is 0. The maximum absolute atomic E-state index is 5.39. The Hall–Kier alpha value is -3.48. The van der Waals surface area contributed by atoms with Gasteiger partial charge in [-0.25, -0.2) is 0 Å². The van der Waals surface area contributed by atoms with Gasteiger partial charge in [0.25, 0.3) is 0 Å². The van der Waals surface area contributed by atoms with Gasteiger partial charge in [-0.1, -0.05) is 71.9 Å². The van der Waals surface area contributed by atoms with Crippen molar-refractivity contribution >= 4 is 23.5 Å². The van der Waals surface area contributed by atoms with E-state index >= 15 is 0 Å². The van der Waals surface area contributed by atoms with Crippen LogP contribution in [0.2, 0.25) is 0 Å². The second kappa shape index (κ2) is 14.1. The lowest BCUT2D eigenvalue weighted by Gasteiger charge is -2.34. The summed E-state index contributed by atoms with van der Waals surface area (Å²) in [6, 6.07) is 17.4. The molecule has 2 heterocycles. The van der Waals surface area contributed by atoms with Crippen LogP contribution in [-0.4, -0.2) is 94.3 Å². The monoisotopic (exact) mass is 573 g/mol. The summed E-state index contributed by atoms with van der Waals surface area (Å²) in [5.41, 5.74) is 6.19. The van der Waals surface area contributed by atoms with Crippen LogP contribution in [0.5, 0.6) is 0 Å². The summed E-state index contributed by atoms with van der Waals surface area (Å²) < 4.78 is 0. The molecule has 0 radical (unpaired) electrons. The second-order valence-corrected chi connectivity index (χ2v) is 13.5. The van der Waals surface area contributed by atoms with E-state index in [1.54, 1.807) is 0 Å². The van der Waals surface area contributed by atoms with Crippen LogP contribution in [0.25, 0.3) is 0 Å². The molecule has 0 fully saturated rings. The minimum Gasteiger partial charge on any atom is -0.373 e.